The number of anilines is 2. The molecule has 0 unspecified atom stereocenters. The number of nitrogens with zero attached hydrogens (tertiary/aromatic N) is 2. The van der Waals surface area contributed by atoms with Crippen LogP contribution in [0, 0.1) is 5.92 Å². The van der Waals surface area contributed by atoms with Gasteiger partial charge in [0.2, 0.25) is 5.95 Å². The van der Waals surface area contributed by atoms with Gasteiger partial charge in [-0.05, 0) is 30.5 Å². The maximum Gasteiger partial charge on any atom is 0.270 e. The smallest absolute Gasteiger partial charge is 0.270 e. The summed E-state index contributed by atoms with van der Waals surface area (Å²) in [6, 6.07) is 6.93. The van der Waals surface area contributed by atoms with Crippen LogP contribution in [0.2, 0.25) is 0 Å². The number of carbonyl (C=O) groups excluding carboxylic acids is 1. The molecule has 0 aliphatic rings. The normalized spacial score (nSPS) is 10.4. The minimum absolute atomic E-state index is 0.219. The molecule has 25 heavy (non-hydrogen) atoms. The summed E-state index contributed by atoms with van der Waals surface area (Å²) in [5, 5.41) is 5.92. The Morgan fingerprint density at radius 1 is 1.20 bits per heavy atom. The van der Waals surface area contributed by atoms with Crippen LogP contribution >= 0.6 is 0 Å². The molecular weight excluding hydrogens is 320 g/mol. The molecule has 7 heteroatoms. The molecule has 0 saturated heterocycles. The second-order valence-electron chi connectivity index (χ2n) is 5.90. The van der Waals surface area contributed by atoms with E-state index < -0.39 is 0 Å². The first-order valence-electron chi connectivity index (χ1n) is 8.13. The first-order chi connectivity index (χ1) is 12.0. The molecule has 1 heterocycles. The van der Waals surface area contributed by atoms with E-state index in [4.69, 9.17) is 9.47 Å². The highest BCUT2D eigenvalue weighted by Crippen LogP contribution is 2.30. The molecule has 0 aliphatic heterocycles. The first-order valence-corrected chi connectivity index (χ1v) is 8.13. The van der Waals surface area contributed by atoms with E-state index in [1.807, 2.05) is 0 Å². The summed E-state index contributed by atoms with van der Waals surface area (Å²) in [4.78, 5) is 20.6. The molecule has 1 aromatic carbocycles. The van der Waals surface area contributed by atoms with Crippen LogP contribution in [0.25, 0.3) is 0 Å². The summed E-state index contributed by atoms with van der Waals surface area (Å²) in [7, 11) is 3.16. The lowest BCUT2D eigenvalue weighted by Gasteiger charge is -2.12. The Morgan fingerprint density at radius 2 is 2.00 bits per heavy atom. The Hall–Kier alpha value is -2.83. The number of ether oxygens (including phenoxy) is 2. The molecule has 1 amide bonds. The summed E-state index contributed by atoms with van der Waals surface area (Å²) in [5.41, 5.74) is 0.960. The highest BCUT2D eigenvalue weighted by Gasteiger charge is 2.11. The number of aromatic nitrogens is 2. The number of carbonyl (C=O) groups is 1. The summed E-state index contributed by atoms with van der Waals surface area (Å²) in [6.07, 6.45) is 2.46. The quantitative estimate of drug-likeness (QED) is 0.766. The predicted molar refractivity (Wildman–Crippen MR) is 96.6 cm³/mol. The van der Waals surface area contributed by atoms with E-state index in [0.29, 0.717) is 41.3 Å². The van der Waals surface area contributed by atoms with Gasteiger partial charge in [-0.2, -0.15) is 0 Å². The van der Waals surface area contributed by atoms with Crippen LogP contribution in [0.5, 0.6) is 11.5 Å². The molecule has 2 aromatic rings. The van der Waals surface area contributed by atoms with Crippen molar-refractivity contribution in [2.45, 2.75) is 20.3 Å². The molecule has 2 N–H and O–H groups in total. The third-order valence-corrected chi connectivity index (χ3v) is 3.55. The van der Waals surface area contributed by atoms with Crippen molar-refractivity contribution < 1.29 is 14.3 Å². The zero-order valence-corrected chi connectivity index (χ0v) is 15.0. The molecule has 0 atom stereocenters. The largest absolute Gasteiger partial charge is 0.497 e. The van der Waals surface area contributed by atoms with Crippen LogP contribution in [-0.4, -0.2) is 36.6 Å². The van der Waals surface area contributed by atoms with Gasteiger partial charge in [-0.15, -0.1) is 0 Å². The number of hydrogen-bond donors (Lipinski definition) is 2. The van der Waals surface area contributed by atoms with E-state index in [-0.39, 0.29) is 5.91 Å². The van der Waals surface area contributed by atoms with Gasteiger partial charge in [0, 0.05) is 18.8 Å². The van der Waals surface area contributed by atoms with Crippen LogP contribution in [0.3, 0.4) is 0 Å². The van der Waals surface area contributed by atoms with Crippen molar-refractivity contribution in [2.75, 3.05) is 26.1 Å². The van der Waals surface area contributed by atoms with Crippen LogP contribution in [-0.2, 0) is 0 Å². The fourth-order valence-corrected chi connectivity index (χ4v) is 2.14. The van der Waals surface area contributed by atoms with Crippen molar-refractivity contribution in [1.82, 2.24) is 15.3 Å². The lowest BCUT2D eigenvalue weighted by atomic mass is 10.1. The average molecular weight is 344 g/mol. The Labute approximate surface area is 147 Å². The van der Waals surface area contributed by atoms with Crippen LogP contribution in [0.15, 0.2) is 30.5 Å². The van der Waals surface area contributed by atoms with Crippen molar-refractivity contribution in [2.24, 2.45) is 5.92 Å². The van der Waals surface area contributed by atoms with E-state index in [1.165, 1.54) is 0 Å². The molecule has 0 bridgehead atoms. The van der Waals surface area contributed by atoms with Gasteiger partial charge >= 0.3 is 0 Å². The SMILES string of the molecule is COc1ccc(OC)c(Nc2nccc(C(=O)NCCC(C)C)n2)c1. The minimum Gasteiger partial charge on any atom is -0.497 e. The monoisotopic (exact) mass is 344 g/mol. The standard InChI is InChI=1S/C18H24N4O3/c1-12(2)7-9-19-17(23)14-8-10-20-18(21-14)22-15-11-13(24-3)5-6-16(15)25-4/h5-6,8,10-12H,7,9H2,1-4H3,(H,19,23)(H,20,21,22). The highest BCUT2D eigenvalue weighted by atomic mass is 16.5. The molecule has 1 aromatic heterocycles. The molecule has 0 saturated carbocycles. The van der Waals surface area contributed by atoms with Gasteiger partial charge in [-0.1, -0.05) is 13.8 Å². The Balaban J connectivity index is 2.12. The Kier molecular flexibility index (Phi) is 6.56. The van der Waals surface area contributed by atoms with E-state index in [0.717, 1.165) is 6.42 Å². The van der Waals surface area contributed by atoms with Gasteiger partial charge in [0.15, 0.2) is 0 Å². The van der Waals surface area contributed by atoms with Gasteiger partial charge < -0.3 is 20.1 Å². The highest BCUT2D eigenvalue weighted by molar-refractivity contribution is 5.92. The van der Waals surface area contributed by atoms with E-state index >= 15 is 0 Å². The summed E-state index contributed by atoms with van der Waals surface area (Å²) in [6.45, 7) is 4.84. The molecule has 7 nitrogen and oxygen atoms in total. The fourth-order valence-electron chi connectivity index (χ4n) is 2.14. The van der Waals surface area contributed by atoms with Crippen molar-refractivity contribution in [3.05, 3.63) is 36.2 Å². The second kappa shape index (κ2) is 8.86. The van der Waals surface area contributed by atoms with Crippen LogP contribution in [0.4, 0.5) is 11.6 Å². The van der Waals surface area contributed by atoms with Crippen molar-refractivity contribution in [3.8, 4) is 11.5 Å². The molecule has 0 radical (unpaired) electrons. The van der Waals surface area contributed by atoms with Gasteiger partial charge in [-0.3, -0.25) is 4.79 Å². The van der Waals surface area contributed by atoms with Crippen molar-refractivity contribution >= 4 is 17.5 Å². The third kappa shape index (κ3) is 5.34. The number of amides is 1. The van der Waals surface area contributed by atoms with E-state index in [1.54, 1.807) is 44.7 Å². The maximum absolute atomic E-state index is 12.2. The topological polar surface area (TPSA) is 85.4 Å². The van der Waals surface area contributed by atoms with Gasteiger partial charge in [-0.25, -0.2) is 9.97 Å². The number of hydrogen-bond acceptors (Lipinski definition) is 6. The molecule has 0 spiro atoms. The second-order valence-corrected chi connectivity index (χ2v) is 5.90. The maximum atomic E-state index is 12.2. The number of benzene rings is 1. The molecular formula is C18H24N4O3. The molecule has 134 valence electrons. The lowest BCUT2D eigenvalue weighted by Crippen LogP contribution is -2.26. The Morgan fingerprint density at radius 3 is 2.68 bits per heavy atom. The summed E-state index contributed by atoms with van der Waals surface area (Å²) >= 11 is 0. The number of methoxy groups -OCH3 is 2. The summed E-state index contributed by atoms with van der Waals surface area (Å²) < 4.78 is 10.5. The fraction of sp³-hybridized carbons (Fsp3) is 0.389. The average Bonchev–Trinajstić information content (AvgIpc) is 2.61. The predicted octanol–water partition coefficient (Wildman–Crippen LogP) is 3.01. The van der Waals surface area contributed by atoms with Crippen molar-refractivity contribution in [1.29, 1.82) is 0 Å². The zero-order chi connectivity index (χ0) is 18.2. The zero-order valence-electron chi connectivity index (χ0n) is 15.0. The number of nitrogens with one attached hydrogen (secondary N) is 2. The molecule has 2 rings (SSSR count). The summed E-state index contributed by atoms with van der Waals surface area (Å²) in [5.74, 6) is 1.91. The first kappa shape index (κ1) is 18.5. The van der Waals surface area contributed by atoms with E-state index in [2.05, 4.69) is 34.4 Å². The van der Waals surface area contributed by atoms with Crippen LogP contribution < -0.4 is 20.1 Å². The van der Waals surface area contributed by atoms with Crippen molar-refractivity contribution in [3.63, 3.8) is 0 Å². The lowest BCUT2D eigenvalue weighted by molar-refractivity contribution is 0.0947. The third-order valence-electron chi connectivity index (χ3n) is 3.55. The van der Waals surface area contributed by atoms with Gasteiger partial charge in [0.1, 0.15) is 17.2 Å². The minimum atomic E-state index is -0.219. The van der Waals surface area contributed by atoms with Gasteiger partial charge in [0.05, 0.1) is 19.9 Å². The molecule has 0 aliphatic carbocycles. The molecule has 0 fully saturated rings. The van der Waals surface area contributed by atoms with Crippen LogP contribution in [0.1, 0.15) is 30.8 Å². The number of rotatable bonds is 8. The van der Waals surface area contributed by atoms with E-state index in [9.17, 15) is 4.79 Å². The van der Waals surface area contributed by atoms with Gasteiger partial charge in [0.25, 0.3) is 5.91 Å². The Bertz CT molecular complexity index is 719.